The minimum Gasteiger partial charge on any atom is -0.325 e. The molecule has 4 aromatic rings. The number of hydrogen-bond acceptors (Lipinski definition) is 3. The lowest BCUT2D eigenvalue weighted by molar-refractivity contribution is -0.120. The number of hydrogen-bond donors (Lipinski definition) is 1. The van der Waals surface area contributed by atoms with Crippen LogP contribution in [-0.4, -0.2) is 24.7 Å². The Morgan fingerprint density at radius 3 is 2.06 bits per heavy atom. The van der Waals surface area contributed by atoms with Crippen LogP contribution >= 0.6 is 0 Å². The molecule has 0 fully saturated rings. The zero-order chi connectivity index (χ0) is 24.4. The highest BCUT2D eigenvalue weighted by Crippen LogP contribution is 2.30. The summed E-state index contributed by atoms with van der Waals surface area (Å²) in [6.45, 7) is 2.06. The third-order valence-corrected chi connectivity index (χ3v) is 8.26. The van der Waals surface area contributed by atoms with Crippen LogP contribution in [0.4, 0.5) is 5.69 Å². The van der Waals surface area contributed by atoms with Crippen molar-refractivity contribution in [3.05, 3.63) is 120 Å². The number of benzene rings is 4. The van der Waals surface area contributed by atoms with Crippen molar-refractivity contribution < 1.29 is 13.2 Å². The Kier molecular flexibility index (Phi) is 6.24. The van der Waals surface area contributed by atoms with E-state index in [-0.39, 0.29) is 17.3 Å². The molecule has 0 aromatic heterocycles. The lowest BCUT2D eigenvalue weighted by Gasteiger charge is -2.35. The topological polar surface area (TPSA) is 66.5 Å². The zero-order valence-electron chi connectivity index (χ0n) is 19.4. The summed E-state index contributed by atoms with van der Waals surface area (Å²) in [5, 5.41) is 2.94. The van der Waals surface area contributed by atoms with Gasteiger partial charge in [0.05, 0.1) is 4.90 Å². The van der Waals surface area contributed by atoms with Gasteiger partial charge in [-0.15, -0.1) is 0 Å². The number of carbonyl (C=O) groups excluding carboxylic acids is 1. The molecule has 1 amide bonds. The fraction of sp³-hybridized carbons (Fsp3) is 0.138. The van der Waals surface area contributed by atoms with Crippen molar-refractivity contribution in [2.24, 2.45) is 0 Å². The van der Waals surface area contributed by atoms with Gasteiger partial charge in [0.1, 0.15) is 6.04 Å². The van der Waals surface area contributed by atoms with Crippen LogP contribution in [-0.2, 0) is 27.8 Å². The summed E-state index contributed by atoms with van der Waals surface area (Å²) < 4.78 is 28.6. The second-order valence-corrected chi connectivity index (χ2v) is 10.7. The summed E-state index contributed by atoms with van der Waals surface area (Å²) in [5.74, 6) is -0.345. The molecule has 1 N–H and O–H groups in total. The highest BCUT2D eigenvalue weighted by molar-refractivity contribution is 7.89. The van der Waals surface area contributed by atoms with Crippen molar-refractivity contribution in [3.8, 4) is 11.1 Å². The quantitative estimate of drug-likeness (QED) is 0.413. The summed E-state index contributed by atoms with van der Waals surface area (Å²) in [4.78, 5) is 13.6. The highest BCUT2D eigenvalue weighted by atomic mass is 32.2. The van der Waals surface area contributed by atoms with E-state index < -0.39 is 16.1 Å². The summed E-state index contributed by atoms with van der Waals surface area (Å²) in [7, 11) is -3.88. The zero-order valence-corrected chi connectivity index (χ0v) is 20.2. The summed E-state index contributed by atoms with van der Waals surface area (Å²) in [5.41, 5.74) is 5.63. The van der Waals surface area contributed by atoms with E-state index in [0.29, 0.717) is 12.1 Å². The molecule has 1 aliphatic rings. The fourth-order valence-corrected chi connectivity index (χ4v) is 5.99. The van der Waals surface area contributed by atoms with Crippen LogP contribution in [0.25, 0.3) is 11.1 Å². The van der Waals surface area contributed by atoms with Gasteiger partial charge >= 0.3 is 0 Å². The average molecular weight is 483 g/mol. The number of carbonyl (C=O) groups is 1. The van der Waals surface area contributed by atoms with Crippen molar-refractivity contribution >= 4 is 21.6 Å². The summed E-state index contributed by atoms with van der Waals surface area (Å²) in [6.07, 6.45) is 0.315. The van der Waals surface area contributed by atoms with Gasteiger partial charge < -0.3 is 5.32 Å². The second-order valence-electron chi connectivity index (χ2n) is 8.78. The Balaban J connectivity index is 1.43. The maximum atomic E-state index is 13.6. The van der Waals surface area contributed by atoms with Crippen LogP contribution in [0.3, 0.4) is 0 Å². The summed E-state index contributed by atoms with van der Waals surface area (Å²) >= 11 is 0. The maximum Gasteiger partial charge on any atom is 0.244 e. The maximum absolute atomic E-state index is 13.6. The molecule has 35 heavy (non-hydrogen) atoms. The molecule has 1 aliphatic heterocycles. The number of aryl methyl sites for hydroxylation is 1. The lowest BCUT2D eigenvalue weighted by Crippen LogP contribution is -2.50. The third kappa shape index (κ3) is 4.76. The van der Waals surface area contributed by atoms with Gasteiger partial charge in [0.15, 0.2) is 0 Å². The highest BCUT2D eigenvalue weighted by Gasteiger charge is 2.39. The fourth-order valence-electron chi connectivity index (χ4n) is 4.42. The van der Waals surface area contributed by atoms with Crippen molar-refractivity contribution in [3.63, 3.8) is 0 Å². The molecule has 0 saturated carbocycles. The van der Waals surface area contributed by atoms with E-state index in [1.165, 1.54) is 4.31 Å². The minimum absolute atomic E-state index is 0.150. The first-order valence-corrected chi connectivity index (χ1v) is 13.0. The van der Waals surface area contributed by atoms with Crippen LogP contribution in [0.15, 0.2) is 108 Å². The predicted octanol–water partition coefficient (Wildman–Crippen LogP) is 5.42. The first-order chi connectivity index (χ1) is 16.9. The first-order valence-electron chi connectivity index (χ1n) is 11.5. The molecule has 0 spiro atoms. The number of anilines is 1. The minimum atomic E-state index is -3.88. The second kappa shape index (κ2) is 9.49. The van der Waals surface area contributed by atoms with Crippen molar-refractivity contribution in [1.82, 2.24) is 4.31 Å². The number of nitrogens with zero attached hydrogens (tertiary/aromatic N) is 1. The number of rotatable bonds is 5. The van der Waals surface area contributed by atoms with Gasteiger partial charge in [-0.3, -0.25) is 4.79 Å². The predicted molar refractivity (Wildman–Crippen MR) is 138 cm³/mol. The van der Waals surface area contributed by atoms with Crippen molar-refractivity contribution in [1.29, 1.82) is 0 Å². The third-order valence-electron chi connectivity index (χ3n) is 6.40. The lowest BCUT2D eigenvalue weighted by atomic mass is 9.95. The van der Waals surface area contributed by atoms with Crippen molar-refractivity contribution in [2.75, 3.05) is 5.32 Å². The van der Waals surface area contributed by atoms with E-state index in [9.17, 15) is 13.2 Å². The van der Waals surface area contributed by atoms with E-state index >= 15 is 0 Å². The van der Waals surface area contributed by atoms with Crippen molar-refractivity contribution in [2.45, 2.75) is 30.8 Å². The molecular formula is C29H26N2O3S. The van der Waals surface area contributed by atoms with Gasteiger partial charge in [0.25, 0.3) is 0 Å². The van der Waals surface area contributed by atoms with E-state index in [4.69, 9.17) is 0 Å². The number of sulfonamides is 1. The standard InChI is InChI=1S/C29H26N2O3S/c1-21-11-17-27(18-12-21)35(33,34)31-20-25-10-6-5-9-24(25)19-28(31)29(32)30-26-15-13-23(14-16-26)22-7-3-2-4-8-22/h2-18,28H,19-20H2,1H3,(H,30,32)/t28-/m1/s1. The Labute approximate surface area is 206 Å². The number of fused-ring (bicyclic) bond motifs is 1. The van der Waals surface area contributed by atoms with Crippen LogP contribution in [0.5, 0.6) is 0 Å². The van der Waals surface area contributed by atoms with Gasteiger partial charge in [-0.25, -0.2) is 8.42 Å². The Hall–Kier alpha value is -3.74. The monoisotopic (exact) mass is 482 g/mol. The number of amides is 1. The van der Waals surface area contributed by atoms with Gasteiger partial charge in [0, 0.05) is 12.2 Å². The Morgan fingerprint density at radius 1 is 0.771 bits per heavy atom. The average Bonchev–Trinajstić information content (AvgIpc) is 2.89. The van der Waals surface area contributed by atoms with Crippen LogP contribution in [0.1, 0.15) is 16.7 Å². The molecule has 0 saturated heterocycles. The first kappa shape index (κ1) is 23.0. The van der Waals surface area contributed by atoms with E-state index in [1.807, 2.05) is 85.8 Å². The van der Waals surface area contributed by atoms with Gasteiger partial charge in [-0.1, -0.05) is 84.4 Å². The van der Waals surface area contributed by atoms with E-state index in [2.05, 4.69) is 5.32 Å². The van der Waals surface area contributed by atoms with Gasteiger partial charge in [-0.2, -0.15) is 4.31 Å². The van der Waals surface area contributed by atoms with Gasteiger partial charge in [0.2, 0.25) is 15.9 Å². The van der Waals surface area contributed by atoms with Gasteiger partial charge in [-0.05, 0) is 59.9 Å². The molecular weight excluding hydrogens is 456 g/mol. The molecule has 5 nitrogen and oxygen atoms in total. The molecule has 176 valence electrons. The molecule has 1 atom stereocenters. The van der Waals surface area contributed by atoms with Crippen LogP contribution in [0.2, 0.25) is 0 Å². The molecule has 6 heteroatoms. The van der Waals surface area contributed by atoms with E-state index in [0.717, 1.165) is 27.8 Å². The number of nitrogens with one attached hydrogen (secondary N) is 1. The molecule has 0 radical (unpaired) electrons. The molecule has 0 bridgehead atoms. The smallest absolute Gasteiger partial charge is 0.244 e. The van der Waals surface area contributed by atoms with E-state index in [1.54, 1.807) is 24.3 Å². The molecule has 0 unspecified atom stereocenters. The normalized spacial score (nSPS) is 15.9. The Bertz CT molecular complexity index is 1450. The molecule has 4 aromatic carbocycles. The summed E-state index contributed by atoms with van der Waals surface area (Å²) in [6, 6.07) is 31.1. The largest absolute Gasteiger partial charge is 0.325 e. The molecule has 1 heterocycles. The molecule has 0 aliphatic carbocycles. The van der Waals surface area contributed by atoms with Crippen LogP contribution in [0, 0.1) is 6.92 Å². The SMILES string of the molecule is Cc1ccc(S(=O)(=O)N2Cc3ccccc3C[C@@H]2C(=O)Nc2ccc(-c3ccccc3)cc2)cc1. The van der Waals surface area contributed by atoms with Crippen LogP contribution < -0.4 is 5.32 Å². The Morgan fingerprint density at radius 2 is 1.37 bits per heavy atom. The molecule has 5 rings (SSSR count).